The van der Waals surface area contributed by atoms with Crippen LogP contribution in [0.1, 0.15) is 42.4 Å². The van der Waals surface area contributed by atoms with Crippen LogP contribution in [0.5, 0.6) is 0 Å². The van der Waals surface area contributed by atoms with E-state index < -0.39 is 6.04 Å². The summed E-state index contributed by atoms with van der Waals surface area (Å²) < 4.78 is 0.937. The maximum atomic E-state index is 13.8. The summed E-state index contributed by atoms with van der Waals surface area (Å²) in [5.41, 5.74) is 2.82. The second-order valence-electron chi connectivity index (χ2n) is 9.15. The Kier molecular flexibility index (Phi) is 9.00. The van der Waals surface area contributed by atoms with E-state index in [2.05, 4.69) is 21.2 Å². The Morgan fingerprint density at radius 2 is 1.60 bits per heavy atom. The zero-order chi connectivity index (χ0) is 24.6. The van der Waals surface area contributed by atoms with Gasteiger partial charge in [0.25, 0.3) is 0 Å². The predicted octanol–water partition coefficient (Wildman–Crippen LogP) is 6.34. The molecular weight excluding hydrogens is 524 g/mol. The van der Waals surface area contributed by atoms with Gasteiger partial charge in [-0.1, -0.05) is 95.0 Å². The molecule has 0 aliphatic heterocycles. The van der Waals surface area contributed by atoms with Gasteiger partial charge in [-0.15, -0.1) is 0 Å². The first-order chi connectivity index (χ1) is 17.0. The molecular formula is C29H30BrClN2O2. The van der Waals surface area contributed by atoms with Gasteiger partial charge in [-0.25, -0.2) is 0 Å². The topological polar surface area (TPSA) is 49.4 Å². The molecule has 3 aromatic rings. The van der Waals surface area contributed by atoms with E-state index in [1.165, 1.54) is 0 Å². The van der Waals surface area contributed by atoms with Crippen LogP contribution in [0.25, 0.3) is 0 Å². The Hall–Kier alpha value is -2.63. The summed E-state index contributed by atoms with van der Waals surface area (Å²) in [7, 11) is 0. The van der Waals surface area contributed by atoms with Crippen molar-refractivity contribution in [2.24, 2.45) is 0 Å². The van der Waals surface area contributed by atoms with Gasteiger partial charge >= 0.3 is 0 Å². The molecule has 1 unspecified atom stereocenters. The Labute approximate surface area is 220 Å². The Morgan fingerprint density at radius 3 is 2.31 bits per heavy atom. The maximum absolute atomic E-state index is 13.8. The molecule has 0 aromatic heterocycles. The zero-order valence-corrected chi connectivity index (χ0v) is 22.0. The van der Waals surface area contributed by atoms with Crippen molar-refractivity contribution in [2.45, 2.75) is 57.2 Å². The fraction of sp³-hybridized carbons (Fsp3) is 0.310. The van der Waals surface area contributed by atoms with Crippen LogP contribution < -0.4 is 5.32 Å². The Bertz CT molecular complexity index is 1150. The van der Waals surface area contributed by atoms with Gasteiger partial charge in [0, 0.05) is 28.5 Å². The smallest absolute Gasteiger partial charge is 0.243 e. The van der Waals surface area contributed by atoms with E-state index in [1.807, 2.05) is 72.8 Å². The zero-order valence-electron chi connectivity index (χ0n) is 19.6. The standard InChI is InChI=1S/C29H30BrClN2O2/c30-24-12-6-11-23(16-24)20-33(28(34)19-22-10-7-13-25(31)17-22)27(18-21-8-2-1-3-9-21)29(35)32-26-14-4-5-15-26/h1-3,6-13,16-17,26-27H,4-5,14-15,18-20H2,(H,32,35). The third-order valence-electron chi connectivity index (χ3n) is 6.46. The summed E-state index contributed by atoms with van der Waals surface area (Å²) in [5, 5.41) is 3.83. The minimum atomic E-state index is -0.622. The summed E-state index contributed by atoms with van der Waals surface area (Å²) in [6.07, 6.45) is 4.87. The van der Waals surface area contributed by atoms with E-state index in [-0.39, 0.29) is 24.3 Å². The fourth-order valence-electron chi connectivity index (χ4n) is 4.68. The largest absolute Gasteiger partial charge is 0.352 e. The van der Waals surface area contributed by atoms with Crippen molar-refractivity contribution in [3.63, 3.8) is 0 Å². The van der Waals surface area contributed by atoms with Gasteiger partial charge in [-0.2, -0.15) is 0 Å². The summed E-state index contributed by atoms with van der Waals surface area (Å²) in [5.74, 6) is -0.190. The highest BCUT2D eigenvalue weighted by Gasteiger charge is 2.32. The van der Waals surface area contributed by atoms with Crippen molar-refractivity contribution in [3.8, 4) is 0 Å². The Morgan fingerprint density at radius 1 is 0.914 bits per heavy atom. The van der Waals surface area contributed by atoms with Gasteiger partial charge in [-0.05, 0) is 53.8 Å². The van der Waals surface area contributed by atoms with Gasteiger partial charge in [0.05, 0.1) is 6.42 Å². The molecule has 1 aliphatic carbocycles. The van der Waals surface area contributed by atoms with Crippen LogP contribution in [0.3, 0.4) is 0 Å². The molecule has 35 heavy (non-hydrogen) atoms. The van der Waals surface area contributed by atoms with Gasteiger partial charge in [0.2, 0.25) is 11.8 Å². The number of carbonyl (C=O) groups excluding carboxylic acids is 2. The van der Waals surface area contributed by atoms with Crippen molar-refractivity contribution in [3.05, 3.63) is 105 Å². The lowest BCUT2D eigenvalue weighted by Crippen LogP contribution is -2.52. The number of hydrogen-bond acceptors (Lipinski definition) is 2. The highest BCUT2D eigenvalue weighted by molar-refractivity contribution is 9.10. The van der Waals surface area contributed by atoms with Crippen molar-refractivity contribution in [1.82, 2.24) is 10.2 Å². The summed E-state index contributed by atoms with van der Waals surface area (Å²) in [6.45, 7) is 0.342. The molecule has 1 aliphatic rings. The van der Waals surface area contributed by atoms with E-state index >= 15 is 0 Å². The van der Waals surface area contributed by atoms with Crippen LogP contribution >= 0.6 is 27.5 Å². The average Bonchev–Trinajstić information content (AvgIpc) is 3.35. The number of nitrogens with zero attached hydrogens (tertiary/aromatic N) is 1. The van der Waals surface area contributed by atoms with Crippen LogP contribution in [0, 0.1) is 0 Å². The molecule has 1 saturated carbocycles. The van der Waals surface area contributed by atoms with E-state index in [1.54, 1.807) is 11.0 Å². The average molecular weight is 554 g/mol. The van der Waals surface area contributed by atoms with E-state index in [4.69, 9.17) is 11.6 Å². The second kappa shape index (κ2) is 12.4. The van der Waals surface area contributed by atoms with Gasteiger partial charge in [0.1, 0.15) is 6.04 Å². The molecule has 4 rings (SSSR count). The first-order valence-corrected chi connectivity index (χ1v) is 13.3. The summed E-state index contributed by atoms with van der Waals surface area (Å²) in [6, 6.07) is 24.7. The molecule has 6 heteroatoms. The first kappa shape index (κ1) is 25.5. The SMILES string of the molecule is O=C(NC1CCCC1)C(Cc1ccccc1)N(Cc1cccc(Br)c1)C(=O)Cc1cccc(Cl)c1. The maximum Gasteiger partial charge on any atom is 0.243 e. The second-order valence-corrected chi connectivity index (χ2v) is 10.5. The number of amides is 2. The lowest BCUT2D eigenvalue weighted by Gasteiger charge is -2.32. The summed E-state index contributed by atoms with van der Waals surface area (Å²) >= 11 is 9.71. The van der Waals surface area contributed by atoms with Gasteiger partial charge < -0.3 is 10.2 Å². The van der Waals surface area contributed by atoms with Crippen LogP contribution in [-0.4, -0.2) is 28.8 Å². The van der Waals surface area contributed by atoms with Crippen LogP contribution in [0.4, 0.5) is 0 Å². The van der Waals surface area contributed by atoms with Crippen molar-refractivity contribution < 1.29 is 9.59 Å². The fourth-order valence-corrected chi connectivity index (χ4v) is 5.34. The molecule has 0 spiro atoms. The lowest BCUT2D eigenvalue weighted by molar-refractivity contribution is -0.141. The lowest BCUT2D eigenvalue weighted by atomic mass is 10.0. The molecule has 182 valence electrons. The van der Waals surface area contributed by atoms with Gasteiger partial charge in [0.15, 0.2) is 0 Å². The number of carbonyl (C=O) groups is 2. The minimum absolute atomic E-state index is 0.0878. The monoisotopic (exact) mass is 552 g/mol. The number of nitrogens with one attached hydrogen (secondary N) is 1. The normalized spacial score (nSPS) is 14.5. The third-order valence-corrected chi connectivity index (χ3v) is 7.19. The molecule has 2 amide bonds. The molecule has 1 fully saturated rings. The highest BCUT2D eigenvalue weighted by atomic mass is 79.9. The molecule has 0 radical (unpaired) electrons. The predicted molar refractivity (Wildman–Crippen MR) is 144 cm³/mol. The number of benzene rings is 3. The van der Waals surface area contributed by atoms with E-state index in [9.17, 15) is 9.59 Å². The van der Waals surface area contributed by atoms with Gasteiger partial charge in [-0.3, -0.25) is 9.59 Å². The molecule has 0 bridgehead atoms. The van der Waals surface area contributed by atoms with E-state index in [0.29, 0.717) is 18.0 Å². The van der Waals surface area contributed by atoms with Crippen molar-refractivity contribution in [1.29, 1.82) is 0 Å². The highest BCUT2D eigenvalue weighted by Crippen LogP contribution is 2.22. The molecule has 0 heterocycles. The number of rotatable bonds is 9. The van der Waals surface area contributed by atoms with Crippen molar-refractivity contribution >= 4 is 39.3 Å². The quantitative estimate of drug-likeness (QED) is 0.336. The molecule has 3 aromatic carbocycles. The third kappa shape index (κ3) is 7.42. The molecule has 1 N–H and O–H groups in total. The Balaban J connectivity index is 1.66. The van der Waals surface area contributed by atoms with E-state index in [0.717, 1.165) is 46.8 Å². The van der Waals surface area contributed by atoms with Crippen LogP contribution in [-0.2, 0) is 29.0 Å². The molecule has 0 saturated heterocycles. The summed E-state index contributed by atoms with van der Waals surface area (Å²) in [4.78, 5) is 29.2. The number of hydrogen-bond donors (Lipinski definition) is 1. The first-order valence-electron chi connectivity index (χ1n) is 12.1. The molecule has 4 nitrogen and oxygen atoms in total. The number of halogens is 2. The minimum Gasteiger partial charge on any atom is -0.352 e. The molecule has 1 atom stereocenters. The van der Waals surface area contributed by atoms with Crippen molar-refractivity contribution in [2.75, 3.05) is 0 Å². The van der Waals surface area contributed by atoms with Crippen LogP contribution in [0.2, 0.25) is 5.02 Å². The van der Waals surface area contributed by atoms with Crippen LogP contribution in [0.15, 0.2) is 83.3 Å².